The van der Waals surface area contributed by atoms with Crippen LogP contribution in [-0.2, 0) is 40.6 Å². The van der Waals surface area contributed by atoms with Gasteiger partial charge in [-0.2, -0.15) is 0 Å². The molecule has 67 heavy (non-hydrogen) atoms. The molecule has 5 aromatic carbocycles. The maximum Gasteiger partial charge on any atom is 0.421 e. The monoisotopic (exact) mass is 898 g/mol. The van der Waals surface area contributed by atoms with Gasteiger partial charge in [0.2, 0.25) is 11.8 Å². The molecule has 1 spiro atoms. The van der Waals surface area contributed by atoms with Crippen LogP contribution in [0.15, 0.2) is 127 Å². The molecule has 5 heterocycles. The number of phenols is 1. The van der Waals surface area contributed by atoms with Crippen molar-refractivity contribution in [2.45, 2.75) is 68.3 Å². The highest BCUT2D eigenvalue weighted by atomic mass is 16.6. The lowest BCUT2D eigenvalue weighted by molar-refractivity contribution is -0.179. The molecule has 0 radical (unpaired) electrons. The van der Waals surface area contributed by atoms with E-state index in [2.05, 4.69) is 22.2 Å². The lowest BCUT2D eigenvalue weighted by Crippen LogP contribution is -2.56. The number of benzene rings is 5. The van der Waals surface area contributed by atoms with Crippen LogP contribution in [0.25, 0.3) is 11.0 Å². The predicted octanol–water partition coefficient (Wildman–Crippen LogP) is 7.43. The summed E-state index contributed by atoms with van der Waals surface area (Å²) in [6.07, 6.45) is 2.57. The van der Waals surface area contributed by atoms with Crippen LogP contribution in [0.2, 0.25) is 0 Å². The number of morpholine rings is 1. The zero-order valence-corrected chi connectivity index (χ0v) is 37.1. The average molecular weight is 899 g/mol. The van der Waals surface area contributed by atoms with Crippen LogP contribution < -0.4 is 4.90 Å². The van der Waals surface area contributed by atoms with Crippen LogP contribution in [-0.4, -0.2) is 93.2 Å². The van der Waals surface area contributed by atoms with E-state index in [4.69, 9.17) is 14.2 Å². The maximum absolute atomic E-state index is 16.4. The molecule has 1 aromatic heterocycles. The summed E-state index contributed by atoms with van der Waals surface area (Å²) in [5.41, 5.74) is 2.68. The van der Waals surface area contributed by atoms with Gasteiger partial charge in [-0.3, -0.25) is 19.3 Å². The zero-order chi connectivity index (χ0) is 46.1. The first-order valence-electron chi connectivity index (χ1n) is 22.9. The zero-order valence-electron chi connectivity index (χ0n) is 37.1. The number of imide groups is 1. The SMILES string of the molecule is COCCOC(=O)N1C(=O)C2(c3cc(C#CCn4nnc5ccccc54)ccc31)C(C(=O)N1CCCCCCC1)C1C(=O)OC(c3ccccc3)C(c3ccccc3)N1C2c1ccc(O)cc1. The van der Waals surface area contributed by atoms with E-state index in [0.717, 1.165) is 59.2 Å². The minimum absolute atomic E-state index is 0.0142. The van der Waals surface area contributed by atoms with Crippen LogP contribution in [0.4, 0.5) is 10.5 Å². The van der Waals surface area contributed by atoms with E-state index in [0.29, 0.717) is 29.8 Å². The first-order valence-corrected chi connectivity index (χ1v) is 22.9. The second-order valence-corrected chi connectivity index (χ2v) is 17.5. The lowest BCUT2D eigenvalue weighted by Gasteiger charge is -2.46. The average Bonchev–Trinajstić information content (AvgIpc) is 3.98. The number of ether oxygens (including phenoxy) is 3. The Balaban J connectivity index is 1.24. The van der Waals surface area contributed by atoms with Gasteiger partial charge >= 0.3 is 12.1 Å². The largest absolute Gasteiger partial charge is 0.508 e. The summed E-state index contributed by atoms with van der Waals surface area (Å²) >= 11 is 0. The maximum atomic E-state index is 16.4. The number of carbonyl (C=O) groups excluding carboxylic acids is 4. The Morgan fingerprint density at radius 3 is 2.21 bits per heavy atom. The number of hydrogen-bond acceptors (Lipinski definition) is 11. The Morgan fingerprint density at radius 2 is 1.48 bits per heavy atom. The Kier molecular flexibility index (Phi) is 12.0. The molecular formula is C53H50N6O8. The molecule has 0 aliphatic carbocycles. The smallest absolute Gasteiger partial charge is 0.421 e. The number of aromatic nitrogens is 3. The van der Waals surface area contributed by atoms with Gasteiger partial charge in [0.25, 0.3) is 0 Å². The molecule has 6 unspecified atom stereocenters. The number of hydrogen-bond donors (Lipinski definition) is 1. The Hall–Kier alpha value is -7.34. The highest BCUT2D eigenvalue weighted by Crippen LogP contribution is 2.66. The molecule has 6 aromatic rings. The topological polar surface area (TPSA) is 157 Å². The summed E-state index contributed by atoms with van der Waals surface area (Å²) in [6, 6.07) is 35.2. The fraction of sp³-hybridized carbons (Fsp3) is 0.321. The summed E-state index contributed by atoms with van der Waals surface area (Å²) in [6.45, 7) is 0.994. The molecule has 340 valence electrons. The van der Waals surface area contributed by atoms with E-state index >= 15 is 14.4 Å². The molecule has 4 aliphatic rings. The Bertz CT molecular complexity index is 2870. The molecule has 0 bridgehead atoms. The summed E-state index contributed by atoms with van der Waals surface area (Å²) in [5.74, 6) is 3.29. The number of esters is 1. The number of methoxy groups -OCH3 is 1. The van der Waals surface area contributed by atoms with E-state index in [-0.39, 0.29) is 37.1 Å². The van der Waals surface area contributed by atoms with Gasteiger partial charge in [0, 0.05) is 25.8 Å². The van der Waals surface area contributed by atoms with Gasteiger partial charge in [0.15, 0.2) is 0 Å². The molecule has 3 amide bonds. The van der Waals surface area contributed by atoms with Crippen molar-refractivity contribution in [3.63, 3.8) is 0 Å². The normalized spacial score (nSPS) is 23.7. The number of anilines is 1. The molecular weight excluding hydrogens is 849 g/mol. The number of amides is 3. The van der Waals surface area contributed by atoms with Gasteiger partial charge in [0.1, 0.15) is 42.0 Å². The Morgan fingerprint density at radius 1 is 0.791 bits per heavy atom. The van der Waals surface area contributed by atoms with Gasteiger partial charge in [-0.25, -0.2) is 14.4 Å². The van der Waals surface area contributed by atoms with Crippen molar-refractivity contribution in [2.24, 2.45) is 5.92 Å². The second kappa shape index (κ2) is 18.5. The molecule has 10 rings (SSSR count). The number of fused-ring (bicyclic) bond motifs is 4. The summed E-state index contributed by atoms with van der Waals surface area (Å²) in [5, 5.41) is 19.3. The number of likely N-dealkylation sites (tertiary alicyclic amines) is 1. The quantitative estimate of drug-likeness (QED) is 0.0921. The summed E-state index contributed by atoms with van der Waals surface area (Å²) in [4.78, 5) is 67.3. The van der Waals surface area contributed by atoms with E-state index in [1.807, 2.05) is 89.8 Å². The van der Waals surface area contributed by atoms with E-state index in [1.54, 1.807) is 39.9 Å². The van der Waals surface area contributed by atoms with Gasteiger partial charge in [-0.1, -0.05) is 121 Å². The first kappa shape index (κ1) is 43.5. The van der Waals surface area contributed by atoms with E-state index < -0.39 is 53.5 Å². The number of cyclic esters (lactones) is 1. The highest BCUT2D eigenvalue weighted by molar-refractivity contribution is 6.23. The molecule has 3 saturated heterocycles. The fourth-order valence-corrected chi connectivity index (χ4v) is 10.8. The van der Waals surface area contributed by atoms with E-state index in [9.17, 15) is 9.90 Å². The molecule has 4 aliphatic heterocycles. The van der Waals surface area contributed by atoms with E-state index in [1.165, 1.54) is 19.2 Å². The molecule has 3 fully saturated rings. The number of aromatic hydroxyl groups is 1. The molecule has 0 saturated carbocycles. The third-order valence-corrected chi connectivity index (χ3v) is 13.7. The van der Waals surface area contributed by atoms with Crippen LogP contribution >= 0.6 is 0 Å². The van der Waals surface area contributed by atoms with Crippen molar-refractivity contribution < 1.29 is 38.5 Å². The van der Waals surface area contributed by atoms with Crippen LogP contribution in [0.3, 0.4) is 0 Å². The minimum atomic E-state index is -1.96. The van der Waals surface area contributed by atoms with Crippen molar-refractivity contribution in [3.05, 3.63) is 155 Å². The van der Waals surface area contributed by atoms with Crippen LogP contribution in [0, 0.1) is 17.8 Å². The third-order valence-electron chi connectivity index (χ3n) is 13.7. The van der Waals surface area contributed by atoms with Crippen molar-refractivity contribution in [1.82, 2.24) is 24.8 Å². The number of carbonyl (C=O) groups is 4. The molecule has 6 atom stereocenters. The lowest BCUT2D eigenvalue weighted by atomic mass is 9.64. The van der Waals surface area contributed by atoms with Crippen molar-refractivity contribution in [1.29, 1.82) is 0 Å². The molecule has 14 heteroatoms. The van der Waals surface area contributed by atoms with Gasteiger partial charge < -0.3 is 24.2 Å². The number of rotatable bonds is 8. The number of para-hydroxylation sites is 1. The van der Waals surface area contributed by atoms with Crippen LogP contribution in [0.1, 0.15) is 78.1 Å². The van der Waals surface area contributed by atoms with Crippen molar-refractivity contribution >= 4 is 40.6 Å². The third kappa shape index (κ3) is 7.67. The fourth-order valence-electron chi connectivity index (χ4n) is 10.8. The van der Waals surface area contributed by atoms with Gasteiger partial charge in [-0.15, -0.1) is 5.10 Å². The molecule has 14 nitrogen and oxygen atoms in total. The summed E-state index contributed by atoms with van der Waals surface area (Å²) < 4.78 is 19.3. The van der Waals surface area contributed by atoms with Crippen molar-refractivity contribution in [3.8, 4) is 17.6 Å². The predicted molar refractivity (Wildman–Crippen MR) is 247 cm³/mol. The van der Waals surface area contributed by atoms with Crippen molar-refractivity contribution in [2.75, 3.05) is 38.3 Å². The number of phenolic OH excluding ortho intramolecular Hbond substituents is 1. The van der Waals surface area contributed by atoms with Crippen LogP contribution in [0.5, 0.6) is 5.75 Å². The summed E-state index contributed by atoms with van der Waals surface area (Å²) in [7, 11) is 1.48. The highest BCUT2D eigenvalue weighted by Gasteiger charge is 2.76. The molecule has 1 N–H and O–H groups in total. The standard InChI is InChI=1S/C53H50N6O8/c1-65-32-33-66-52(64)58-42-28-23-35(16-15-31-57-43-22-12-11-21-41(43)54-55-57)34-40(42)53(51(58)63)44(49(61)56-29-13-3-2-4-14-30-56)46-50(62)67-47(37-19-9-6-10-20-37)45(36-17-7-5-8-18-36)59(46)48(53)38-24-26-39(60)27-25-38/h5-12,17-28,34,44-48,60H,2-4,13-14,29-33H2,1H3. The minimum Gasteiger partial charge on any atom is -0.508 e. The number of nitrogens with zero attached hydrogens (tertiary/aromatic N) is 6. The Labute approximate surface area is 388 Å². The second-order valence-electron chi connectivity index (χ2n) is 17.5. The van der Waals surface area contributed by atoms with Gasteiger partial charge in [0.05, 0.1) is 35.8 Å². The van der Waals surface area contributed by atoms with Gasteiger partial charge in [-0.05, 0) is 77.6 Å². The first-order chi connectivity index (χ1) is 32.8.